The Hall–Kier alpha value is -0.420. The van der Waals surface area contributed by atoms with Gasteiger partial charge in [-0.3, -0.25) is 4.79 Å². The first-order valence-electron chi connectivity index (χ1n) is 4.50. The van der Waals surface area contributed by atoms with Crippen molar-refractivity contribution in [3.05, 3.63) is 28.5 Å². The third-order valence-electron chi connectivity index (χ3n) is 2.34. The summed E-state index contributed by atoms with van der Waals surface area (Å²) in [7, 11) is 0. The van der Waals surface area contributed by atoms with E-state index in [-0.39, 0.29) is 16.6 Å². The largest absolute Gasteiger partial charge is 0.310 e. The second kappa shape index (κ2) is 4.22. The van der Waals surface area contributed by atoms with E-state index < -0.39 is 0 Å². The minimum atomic E-state index is -0.312. The van der Waals surface area contributed by atoms with Gasteiger partial charge in [-0.1, -0.05) is 15.9 Å². The SMILES string of the molecule is O=C1C(Br)CCN1c1ccc(F)cc1Br. The molecule has 5 heteroatoms. The standard InChI is InChI=1S/C10H8Br2FNO/c11-7-3-4-14(10(7)15)9-2-1-6(13)5-8(9)12/h1-2,5,7H,3-4H2. The lowest BCUT2D eigenvalue weighted by Gasteiger charge is -2.17. The van der Waals surface area contributed by atoms with Crippen molar-refractivity contribution in [1.82, 2.24) is 0 Å². The summed E-state index contributed by atoms with van der Waals surface area (Å²) in [5.41, 5.74) is 0.725. The van der Waals surface area contributed by atoms with E-state index >= 15 is 0 Å². The lowest BCUT2D eigenvalue weighted by atomic mass is 10.3. The molecule has 1 aromatic rings. The van der Waals surface area contributed by atoms with Crippen molar-refractivity contribution >= 4 is 43.5 Å². The summed E-state index contributed by atoms with van der Waals surface area (Å²) in [4.78, 5) is 13.2. The van der Waals surface area contributed by atoms with Crippen LogP contribution in [-0.2, 0) is 4.79 Å². The van der Waals surface area contributed by atoms with Crippen LogP contribution < -0.4 is 4.90 Å². The van der Waals surface area contributed by atoms with E-state index in [0.29, 0.717) is 11.0 Å². The minimum Gasteiger partial charge on any atom is -0.310 e. The molecule has 1 aliphatic heterocycles. The smallest absolute Gasteiger partial charge is 0.240 e. The third-order valence-corrected chi connectivity index (χ3v) is 3.83. The highest BCUT2D eigenvalue weighted by molar-refractivity contribution is 9.10. The fraction of sp³-hybridized carbons (Fsp3) is 0.300. The van der Waals surface area contributed by atoms with E-state index in [1.807, 2.05) is 0 Å². The number of alkyl halides is 1. The first-order chi connectivity index (χ1) is 7.09. The van der Waals surface area contributed by atoms with Crippen LogP contribution >= 0.6 is 31.9 Å². The summed E-state index contributed by atoms with van der Waals surface area (Å²) in [6.07, 6.45) is 0.780. The molecule has 1 atom stereocenters. The summed E-state index contributed by atoms with van der Waals surface area (Å²) in [6.45, 7) is 0.666. The Labute approximate surface area is 104 Å². The van der Waals surface area contributed by atoms with E-state index in [0.717, 1.165) is 12.1 Å². The molecule has 1 unspecified atom stereocenters. The second-order valence-corrected chi connectivity index (χ2v) is 5.30. The van der Waals surface area contributed by atoms with Gasteiger partial charge in [0.2, 0.25) is 5.91 Å². The Bertz CT molecular complexity index is 410. The number of carbonyl (C=O) groups excluding carboxylic acids is 1. The zero-order valence-electron chi connectivity index (χ0n) is 7.71. The Morgan fingerprint density at radius 1 is 1.47 bits per heavy atom. The molecule has 15 heavy (non-hydrogen) atoms. The monoisotopic (exact) mass is 335 g/mol. The van der Waals surface area contributed by atoms with Gasteiger partial charge in [-0.25, -0.2) is 4.39 Å². The van der Waals surface area contributed by atoms with Crippen molar-refractivity contribution in [2.75, 3.05) is 11.4 Å². The summed E-state index contributed by atoms with van der Waals surface area (Å²) >= 11 is 6.56. The van der Waals surface area contributed by atoms with Crippen LogP contribution in [0.5, 0.6) is 0 Å². The maximum absolute atomic E-state index is 12.9. The Morgan fingerprint density at radius 2 is 2.20 bits per heavy atom. The molecule has 0 aliphatic carbocycles. The Balaban J connectivity index is 2.34. The molecule has 0 bridgehead atoms. The van der Waals surface area contributed by atoms with Crippen molar-refractivity contribution in [3.8, 4) is 0 Å². The number of halogens is 3. The van der Waals surface area contributed by atoms with Gasteiger partial charge in [0, 0.05) is 11.0 Å². The Morgan fingerprint density at radius 3 is 2.73 bits per heavy atom. The molecule has 0 aromatic heterocycles. The van der Waals surface area contributed by atoms with E-state index in [1.165, 1.54) is 12.1 Å². The summed E-state index contributed by atoms with van der Waals surface area (Å²) in [6, 6.07) is 4.33. The van der Waals surface area contributed by atoms with Crippen LogP contribution in [0, 0.1) is 5.82 Å². The molecule has 1 aliphatic rings. The lowest BCUT2D eigenvalue weighted by molar-refractivity contribution is -0.116. The van der Waals surface area contributed by atoms with Crippen LogP contribution in [0.1, 0.15) is 6.42 Å². The minimum absolute atomic E-state index is 0.0299. The number of benzene rings is 1. The van der Waals surface area contributed by atoms with Crippen LogP contribution in [0.4, 0.5) is 10.1 Å². The van der Waals surface area contributed by atoms with Crippen LogP contribution in [-0.4, -0.2) is 17.3 Å². The van der Waals surface area contributed by atoms with Gasteiger partial charge < -0.3 is 4.90 Å². The number of hydrogen-bond donors (Lipinski definition) is 0. The van der Waals surface area contributed by atoms with Crippen molar-refractivity contribution in [2.45, 2.75) is 11.2 Å². The topological polar surface area (TPSA) is 20.3 Å². The molecule has 80 valence electrons. The molecule has 0 spiro atoms. The van der Waals surface area contributed by atoms with Crippen molar-refractivity contribution in [3.63, 3.8) is 0 Å². The molecule has 0 radical (unpaired) electrons. The predicted molar refractivity (Wildman–Crippen MR) is 63.8 cm³/mol. The molecule has 1 amide bonds. The fourth-order valence-electron chi connectivity index (χ4n) is 1.58. The van der Waals surface area contributed by atoms with Gasteiger partial charge in [-0.05, 0) is 40.5 Å². The van der Waals surface area contributed by atoms with E-state index in [4.69, 9.17) is 0 Å². The first kappa shape index (κ1) is 11.1. The highest BCUT2D eigenvalue weighted by Crippen LogP contribution is 2.31. The number of carbonyl (C=O) groups is 1. The average Bonchev–Trinajstić information content (AvgIpc) is 2.49. The zero-order valence-corrected chi connectivity index (χ0v) is 10.9. The molecule has 1 heterocycles. The van der Waals surface area contributed by atoms with E-state index in [2.05, 4.69) is 31.9 Å². The van der Waals surface area contributed by atoms with Crippen LogP contribution in [0.25, 0.3) is 0 Å². The molecular formula is C10H8Br2FNO. The molecular weight excluding hydrogens is 329 g/mol. The van der Waals surface area contributed by atoms with Gasteiger partial charge in [0.1, 0.15) is 5.82 Å². The normalized spacial score (nSPS) is 21.1. The molecule has 2 rings (SSSR count). The van der Waals surface area contributed by atoms with Crippen molar-refractivity contribution in [1.29, 1.82) is 0 Å². The van der Waals surface area contributed by atoms with Gasteiger partial charge in [-0.2, -0.15) is 0 Å². The average molecular weight is 337 g/mol. The van der Waals surface area contributed by atoms with E-state index in [1.54, 1.807) is 11.0 Å². The molecule has 0 saturated carbocycles. The third kappa shape index (κ3) is 2.08. The van der Waals surface area contributed by atoms with Crippen LogP contribution in [0.2, 0.25) is 0 Å². The van der Waals surface area contributed by atoms with Gasteiger partial charge in [0.05, 0.1) is 10.5 Å². The lowest BCUT2D eigenvalue weighted by Crippen LogP contribution is -2.27. The van der Waals surface area contributed by atoms with Gasteiger partial charge in [0.15, 0.2) is 0 Å². The number of nitrogens with zero attached hydrogens (tertiary/aromatic N) is 1. The fourth-order valence-corrected chi connectivity index (χ4v) is 2.60. The predicted octanol–water partition coefficient (Wildman–Crippen LogP) is 3.09. The number of rotatable bonds is 1. The second-order valence-electron chi connectivity index (χ2n) is 3.34. The van der Waals surface area contributed by atoms with Gasteiger partial charge >= 0.3 is 0 Å². The zero-order chi connectivity index (χ0) is 11.0. The molecule has 2 nitrogen and oxygen atoms in total. The number of anilines is 1. The van der Waals surface area contributed by atoms with Gasteiger partial charge in [0.25, 0.3) is 0 Å². The highest BCUT2D eigenvalue weighted by atomic mass is 79.9. The van der Waals surface area contributed by atoms with Gasteiger partial charge in [-0.15, -0.1) is 0 Å². The first-order valence-corrected chi connectivity index (χ1v) is 6.21. The molecule has 1 fully saturated rings. The molecule has 1 saturated heterocycles. The summed E-state index contributed by atoms with van der Waals surface area (Å²) in [5.74, 6) is -0.282. The number of hydrogen-bond acceptors (Lipinski definition) is 1. The van der Waals surface area contributed by atoms with Crippen LogP contribution in [0.3, 0.4) is 0 Å². The molecule has 1 aromatic carbocycles. The van der Waals surface area contributed by atoms with E-state index in [9.17, 15) is 9.18 Å². The van der Waals surface area contributed by atoms with Crippen molar-refractivity contribution < 1.29 is 9.18 Å². The van der Waals surface area contributed by atoms with Crippen LogP contribution in [0.15, 0.2) is 22.7 Å². The Kier molecular flexibility index (Phi) is 3.11. The van der Waals surface area contributed by atoms with Crippen molar-refractivity contribution in [2.24, 2.45) is 0 Å². The summed E-state index contributed by atoms with van der Waals surface area (Å²) in [5, 5.41) is 0. The maximum atomic E-state index is 12.9. The highest BCUT2D eigenvalue weighted by Gasteiger charge is 2.31. The quantitative estimate of drug-likeness (QED) is 0.722. The maximum Gasteiger partial charge on any atom is 0.240 e. The molecule has 0 N–H and O–H groups in total. The number of amides is 1. The summed E-state index contributed by atoms with van der Waals surface area (Å²) < 4.78 is 13.5.